The van der Waals surface area contributed by atoms with Crippen molar-refractivity contribution in [1.29, 1.82) is 0 Å². The van der Waals surface area contributed by atoms with E-state index in [-0.39, 0.29) is 11.5 Å². The molecule has 2 aliphatic rings. The minimum absolute atomic E-state index is 0.320. The van der Waals surface area contributed by atoms with Crippen LogP contribution >= 0.6 is 0 Å². The Balaban J connectivity index is 2.20. The van der Waals surface area contributed by atoms with Crippen molar-refractivity contribution in [2.24, 2.45) is 0 Å². The minimum atomic E-state index is -1.66. The molecular formula is C11H20N2O3. The summed E-state index contributed by atoms with van der Waals surface area (Å²) in [5.41, 5.74) is -0.362. The summed E-state index contributed by atoms with van der Waals surface area (Å²) in [6.45, 7) is 6.34. The van der Waals surface area contributed by atoms with Crippen LogP contribution in [0.15, 0.2) is 0 Å². The Morgan fingerprint density at radius 3 is 2.69 bits per heavy atom. The van der Waals surface area contributed by atoms with Gasteiger partial charge in [0.15, 0.2) is 0 Å². The second-order valence-corrected chi connectivity index (χ2v) is 4.84. The second kappa shape index (κ2) is 3.98. The highest BCUT2D eigenvalue weighted by Gasteiger charge is 2.50. The molecule has 2 rings (SSSR count). The molecule has 5 heteroatoms. The van der Waals surface area contributed by atoms with Gasteiger partial charge < -0.3 is 20.1 Å². The maximum absolute atomic E-state index is 11.8. The molecule has 1 amide bonds. The fourth-order valence-corrected chi connectivity index (χ4v) is 2.61. The van der Waals surface area contributed by atoms with Crippen LogP contribution in [0.2, 0.25) is 0 Å². The van der Waals surface area contributed by atoms with Crippen molar-refractivity contribution in [3.63, 3.8) is 0 Å². The van der Waals surface area contributed by atoms with Gasteiger partial charge in [0.1, 0.15) is 0 Å². The summed E-state index contributed by atoms with van der Waals surface area (Å²) in [6.07, 6.45) is 1.68. The van der Waals surface area contributed by atoms with E-state index in [4.69, 9.17) is 4.74 Å². The third kappa shape index (κ3) is 1.95. The molecule has 5 nitrogen and oxygen atoms in total. The van der Waals surface area contributed by atoms with Crippen LogP contribution in [0, 0.1) is 0 Å². The van der Waals surface area contributed by atoms with E-state index in [2.05, 4.69) is 5.32 Å². The minimum Gasteiger partial charge on any atom is -0.358 e. The van der Waals surface area contributed by atoms with E-state index in [1.165, 1.54) is 6.92 Å². The van der Waals surface area contributed by atoms with Gasteiger partial charge in [-0.1, -0.05) is 0 Å². The molecule has 0 aromatic carbocycles. The molecule has 2 aliphatic heterocycles. The van der Waals surface area contributed by atoms with Crippen molar-refractivity contribution >= 4 is 5.91 Å². The summed E-state index contributed by atoms with van der Waals surface area (Å²) in [4.78, 5) is 13.5. The number of carbonyl (C=O) groups is 1. The number of likely N-dealkylation sites (N-methyl/N-ethyl adjacent to an activating group) is 1. The number of nitrogens with one attached hydrogen (secondary N) is 1. The Kier molecular flexibility index (Phi) is 2.94. The quantitative estimate of drug-likeness (QED) is 0.646. The average Bonchev–Trinajstić information content (AvgIpc) is 2.24. The van der Waals surface area contributed by atoms with Crippen molar-refractivity contribution in [1.82, 2.24) is 10.2 Å². The molecule has 1 atom stereocenters. The predicted octanol–water partition coefficient (Wildman–Crippen LogP) is -0.304. The summed E-state index contributed by atoms with van der Waals surface area (Å²) in [5.74, 6) is -1.98. The Hall–Kier alpha value is -0.650. The molecule has 16 heavy (non-hydrogen) atoms. The molecule has 2 fully saturated rings. The zero-order chi connectivity index (χ0) is 11.8. The van der Waals surface area contributed by atoms with Gasteiger partial charge in [-0.3, -0.25) is 4.79 Å². The lowest BCUT2D eigenvalue weighted by Gasteiger charge is -2.49. The van der Waals surface area contributed by atoms with E-state index in [0.29, 0.717) is 13.1 Å². The average molecular weight is 228 g/mol. The molecule has 92 valence electrons. The molecule has 1 unspecified atom stereocenters. The van der Waals surface area contributed by atoms with Crippen LogP contribution in [0.3, 0.4) is 0 Å². The molecule has 0 bridgehead atoms. The Labute approximate surface area is 95.8 Å². The van der Waals surface area contributed by atoms with Crippen LogP contribution < -0.4 is 5.32 Å². The van der Waals surface area contributed by atoms with Crippen LogP contribution in [0.5, 0.6) is 0 Å². The van der Waals surface area contributed by atoms with E-state index in [9.17, 15) is 9.90 Å². The Bertz CT molecular complexity index is 285. The van der Waals surface area contributed by atoms with Gasteiger partial charge in [0.2, 0.25) is 5.79 Å². The first-order chi connectivity index (χ1) is 7.49. The number of aliphatic hydroxyl groups is 1. The monoisotopic (exact) mass is 228 g/mol. The van der Waals surface area contributed by atoms with Crippen molar-refractivity contribution in [2.75, 3.05) is 26.2 Å². The molecule has 0 aromatic rings. The molecular weight excluding hydrogens is 208 g/mol. The zero-order valence-electron chi connectivity index (χ0n) is 9.95. The van der Waals surface area contributed by atoms with Gasteiger partial charge >= 0.3 is 0 Å². The lowest BCUT2D eigenvalue weighted by atomic mass is 9.89. The fraction of sp³-hybridized carbons (Fsp3) is 0.909. The number of amides is 1. The lowest BCUT2D eigenvalue weighted by Crippen LogP contribution is -2.65. The van der Waals surface area contributed by atoms with Crippen molar-refractivity contribution < 1.29 is 14.6 Å². The molecule has 2 saturated heterocycles. The van der Waals surface area contributed by atoms with Crippen LogP contribution in [0.25, 0.3) is 0 Å². The summed E-state index contributed by atoms with van der Waals surface area (Å²) >= 11 is 0. The Morgan fingerprint density at radius 1 is 1.50 bits per heavy atom. The van der Waals surface area contributed by atoms with Gasteiger partial charge in [0.05, 0.1) is 12.1 Å². The number of carbonyl (C=O) groups excluding carboxylic acids is 1. The summed E-state index contributed by atoms with van der Waals surface area (Å²) in [6, 6.07) is 0. The normalized spacial score (nSPS) is 34.4. The van der Waals surface area contributed by atoms with Crippen LogP contribution in [0.1, 0.15) is 26.7 Å². The van der Waals surface area contributed by atoms with Gasteiger partial charge in [0, 0.05) is 6.54 Å². The number of hydrogen-bond donors (Lipinski definition) is 2. The van der Waals surface area contributed by atoms with Gasteiger partial charge in [-0.25, -0.2) is 0 Å². The third-order valence-corrected chi connectivity index (χ3v) is 3.47. The number of morpholine rings is 1. The first-order valence-electron chi connectivity index (χ1n) is 5.92. The van der Waals surface area contributed by atoms with Crippen LogP contribution in [0.4, 0.5) is 0 Å². The number of hydrogen-bond acceptors (Lipinski definition) is 4. The SMILES string of the molecule is CCN1CC2(CCNCC2)OC(C)(O)C1=O. The molecule has 0 aromatic heterocycles. The number of piperidine rings is 1. The number of nitrogens with zero attached hydrogens (tertiary/aromatic N) is 1. The Morgan fingerprint density at radius 2 is 2.12 bits per heavy atom. The fourth-order valence-electron chi connectivity index (χ4n) is 2.61. The van der Waals surface area contributed by atoms with Gasteiger partial charge in [0.25, 0.3) is 5.91 Å². The molecule has 2 N–H and O–H groups in total. The largest absolute Gasteiger partial charge is 0.358 e. The number of ether oxygens (including phenoxy) is 1. The van der Waals surface area contributed by atoms with E-state index < -0.39 is 5.79 Å². The standard InChI is InChI=1S/C11H20N2O3/c1-3-13-8-11(4-6-12-7-5-11)16-10(2,15)9(13)14/h12,15H,3-8H2,1-2H3. The van der Waals surface area contributed by atoms with E-state index in [1.54, 1.807) is 4.90 Å². The maximum atomic E-state index is 11.8. The zero-order valence-corrected chi connectivity index (χ0v) is 9.95. The molecule has 0 aliphatic carbocycles. The van der Waals surface area contributed by atoms with Crippen molar-refractivity contribution in [3.8, 4) is 0 Å². The summed E-state index contributed by atoms with van der Waals surface area (Å²) < 4.78 is 5.67. The van der Waals surface area contributed by atoms with Crippen molar-refractivity contribution in [2.45, 2.75) is 38.1 Å². The maximum Gasteiger partial charge on any atom is 0.282 e. The van der Waals surface area contributed by atoms with Gasteiger partial charge in [-0.2, -0.15) is 0 Å². The van der Waals surface area contributed by atoms with Crippen LogP contribution in [-0.2, 0) is 9.53 Å². The van der Waals surface area contributed by atoms with Gasteiger partial charge in [-0.05, 0) is 39.8 Å². The molecule has 0 saturated carbocycles. The van der Waals surface area contributed by atoms with E-state index >= 15 is 0 Å². The highest BCUT2D eigenvalue weighted by atomic mass is 16.6. The third-order valence-electron chi connectivity index (χ3n) is 3.47. The van der Waals surface area contributed by atoms with Crippen LogP contribution in [-0.4, -0.2) is 53.5 Å². The van der Waals surface area contributed by atoms with Crippen molar-refractivity contribution in [3.05, 3.63) is 0 Å². The lowest BCUT2D eigenvalue weighted by molar-refractivity contribution is -0.281. The highest BCUT2D eigenvalue weighted by Crippen LogP contribution is 2.34. The highest BCUT2D eigenvalue weighted by molar-refractivity contribution is 5.83. The smallest absolute Gasteiger partial charge is 0.282 e. The second-order valence-electron chi connectivity index (χ2n) is 4.84. The van der Waals surface area contributed by atoms with E-state index in [1.807, 2.05) is 6.92 Å². The van der Waals surface area contributed by atoms with E-state index in [0.717, 1.165) is 25.9 Å². The topological polar surface area (TPSA) is 61.8 Å². The molecule has 0 radical (unpaired) electrons. The first kappa shape index (κ1) is 11.8. The van der Waals surface area contributed by atoms with Gasteiger partial charge in [-0.15, -0.1) is 0 Å². The molecule has 1 spiro atoms. The molecule has 2 heterocycles. The summed E-state index contributed by atoms with van der Waals surface area (Å²) in [5, 5.41) is 13.3. The summed E-state index contributed by atoms with van der Waals surface area (Å²) in [7, 11) is 0. The first-order valence-corrected chi connectivity index (χ1v) is 5.92. The predicted molar refractivity (Wildman–Crippen MR) is 58.8 cm³/mol. The number of rotatable bonds is 1.